The Morgan fingerprint density at radius 2 is 1.90 bits per heavy atom. The Kier molecular flexibility index (Phi) is 4.85. The second-order valence-corrected chi connectivity index (χ2v) is 5.23. The first-order valence-corrected chi connectivity index (χ1v) is 6.80. The third kappa shape index (κ3) is 3.98. The van der Waals surface area contributed by atoms with Crippen LogP contribution in [-0.4, -0.2) is 78.3 Å². The van der Waals surface area contributed by atoms with Crippen LogP contribution in [0.25, 0.3) is 0 Å². The standard InChI is InChI=1S/C14H19FN4O2/c1-17(2)13(20)10-18-5-7-19(8-6-18)14(21)11-3-4-12(15)16-9-11/h3-4,9H,5-8,10H2,1-2H3. The number of amides is 2. The zero-order chi connectivity index (χ0) is 15.4. The van der Waals surface area contributed by atoms with E-state index >= 15 is 0 Å². The lowest BCUT2D eigenvalue weighted by molar-refractivity contribution is -0.130. The average molecular weight is 294 g/mol. The van der Waals surface area contributed by atoms with Gasteiger partial charge < -0.3 is 9.80 Å². The van der Waals surface area contributed by atoms with E-state index in [0.717, 1.165) is 0 Å². The summed E-state index contributed by atoms with van der Waals surface area (Å²) in [5.41, 5.74) is 0.384. The lowest BCUT2D eigenvalue weighted by atomic mass is 10.2. The molecule has 0 aromatic carbocycles. The predicted octanol–water partition coefficient (Wildman–Crippen LogP) is 0.0667. The second-order valence-electron chi connectivity index (χ2n) is 5.23. The monoisotopic (exact) mass is 294 g/mol. The van der Waals surface area contributed by atoms with Crippen molar-refractivity contribution < 1.29 is 14.0 Å². The minimum atomic E-state index is -0.599. The Morgan fingerprint density at radius 3 is 2.43 bits per heavy atom. The molecule has 6 nitrogen and oxygen atoms in total. The molecule has 0 N–H and O–H groups in total. The van der Waals surface area contributed by atoms with Crippen LogP contribution in [0.1, 0.15) is 10.4 Å². The molecule has 0 radical (unpaired) electrons. The van der Waals surface area contributed by atoms with Gasteiger partial charge in [0.2, 0.25) is 11.9 Å². The van der Waals surface area contributed by atoms with E-state index in [-0.39, 0.29) is 11.8 Å². The zero-order valence-electron chi connectivity index (χ0n) is 12.3. The molecule has 0 aliphatic carbocycles. The summed E-state index contributed by atoms with van der Waals surface area (Å²) in [6, 6.07) is 2.62. The fourth-order valence-electron chi connectivity index (χ4n) is 2.13. The SMILES string of the molecule is CN(C)C(=O)CN1CCN(C(=O)c2ccc(F)nc2)CC1. The van der Waals surface area contributed by atoms with Crippen molar-refractivity contribution in [2.45, 2.75) is 0 Å². The number of likely N-dealkylation sites (N-methyl/N-ethyl adjacent to an activating group) is 1. The van der Waals surface area contributed by atoms with Crippen molar-refractivity contribution in [1.82, 2.24) is 19.7 Å². The highest BCUT2D eigenvalue weighted by Gasteiger charge is 2.23. The van der Waals surface area contributed by atoms with Crippen molar-refractivity contribution in [2.75, 3.05) is 46.8 Å². The van der Waals surface area contributed by atoms with Gasteiger partial charge in [-0.1, -0.05) is 0 Å². The Hall–Kier alpha value is -2.02. The quantitative estimate of drug-likeness (QED) is 0.740. The summed E-state index contributed by atoms with van der Waals surface area (Å²) in [4.78, 5) is 32.6. The minimum absolute atomic E-state index is 0.0533. The maximum Gasteiger partial charge on any atom is 0.255 e. The molecule has 1 fully saturated rings. The average Bonchev–Trinajstić information content (AvgIpc) is 2.48. The topological polar surface area (TPSA) is 56.8 Å². The van der Waals surface area contributed by atoms with Crippen molar-refractivity contribution in [2.24, 2.45) is 0 Å². The summed E-state index contributed by atoms with van der Waals surface area (Å²) >= 11 is 0. The molecule has 114 valence electrons. The van der Waals surface area contributed by atoms with E-state index in [4.69, 9.17) is 0 Å². The second kappa shape index (κ2) is 6.62. The van der Waals surface area contributed by atoms with Crippen LogP contribution in [0.15, 0.2) is 18.3 Å². The lowest BCUT2D eigenvalue weighted by Crippen LogP contribution is -2.51. The molecule has 0 unspecified atom stereocenters. The Bertz CT molecular complexity index is 510. The molecule has 1 aliphatic rings. The smallest absolute Gasteiger partial charge is 0.255 e. The van der Waals surface area contributed by atoms with Gasteiger partial charge in [-0.3, -0.25) is 14.5 Å². The van der Waals surface area contributed by atoms with E-state index in [1.54, 1.807) is 23.9 Å². The minimum Gasteiger partial charge on any atom is -0.348 e. The molecule has 1 aromatic rings. The van der Waals surface area contributed by atoms with Gasteiger partial charge in [0.15, 0.2) is 0 Å². The van der Waals surface area contributed by atoms with Crippen molar-refractivity contribution in [3.8, 4) is 0 Å². The van der Waals surface area contributed by atoms with Gasteiger partial charge in [0, 0.05) is 46.5 Å². The van der Waals surface area contributed by atoms with Gasteiger partial charge in [0.25, 0.3) is 5.91 Å². The Balaban J connectivity index is 1.87. The van der Waals surface area contributed by atoms with Crippen LogP contribution >= 0.6 is 0 Å². The van der Waals surface area contributed by atoms with Crippen LogP contribution in [0.4, 0.5) is 4.39 Å². The molecular weight excluding hydrogens is 275 g/mol. The number of hydrogen-bond donors (Lipinski definition) is 0. The first kappa shape index (κ1) is 15.4. The summed E-state index contributed by atoms with van der Waals surface area (Å²) in [5.74, 6) is -0.697. The first-order chi connectivity index (χ1) is 9.97. The number of piperazine rings is 1. The van der Waals surface area contributed by atoms with Crippen LogP contribution in [0.2, 0.25) is 0 Å². The van der Waals surface area contributed by atoms with Gasteiger partial charge in [-0.25, -0.2) is 4.98 Å². The zero-order valence-corrected chi connectivity index (χ0v) is 12.3. The third-order valence-corrected chi connectivity index (χ3v) is 3.49. The van der Waals surface area contributed by atoms with Crippen LogP contribution in [0.5, 0.6) is 0 Å². The summed E-state index contributed by atoms with van der Waals surface area (Å²) in [6.45, 7) is 2.78. The number of carbonyl (C=O) groups is 2. The van der Waals surface area contributed by atoms with Crippen LogP contribution in [-0.2, 0) is 4.79 Å². The van der Waals surface area contributed by atoms with Crippen molar-refractivity contribution in [1.29, 1.82) is 0 Å². The van der Waals surface area contributed by atoms with E-state index in [9.17, 15) is 14.0 Å². The van der Waals surface area contributed by atoms with E-state index in [0.29, 0.717) is 38.3 Å². The van der Waals surface area contributed by atoms with Crippen LogP contribution in [0.3, 0.4) is 0 Å². The van der Waals surface area contributed by atoms with Gasteiger partial charge >= 0.3 is 0 Å². The Morgan fingerprint density at radius 1 is 1.24 bits per heavy atom. The molecule has 0 saturated carbocycles. The number of halogens is 1. The molecular formula is C14H19FN4O2. The highest BCUT2D eigenvalue weighted by molar-refractivity contribution is 5.94. The molecule has 0 atom stereocenters. The van der Waals surface area contributed by atoms with Crippen molar-refractivity contribution in [3.05, 3.63) is 29.8 Å². The largest absolute Gasteiger partial charge is 0.348 e. The van der Waals surface area contributed by atoms with E-state index < -0.39 is 5.95 Å². The van der Waals surface area contributed by atoms with Crippen LogP contribution in [0, 0.1) is 5.95 Å². The lowest BCUT2D eigenvalue weighted by Gasteiger charge is -2.34. The van der Waals surface area contributed by atoms with Gasteiger partial charge in [-0.05, 0) is 12.1 Å². The van der Waals surface area contributed by atoms with E-state index in [1.165, 1.54) is 18.3 Å². The predicted molar refractivity (Wildman–Crippen MR) is 75.2 cm³/mol. The van der Waals surface area contributed by atoms with Gasteiger partial charge in [-0.2, -0.15) is 4.39 Å². The molecule has 7 heteroatoms. The molecule has 2 heterocycles. The molecule has 2 amide bonds. The first-order valence-electron chi connectivity index (χ1n) is 6.80. The van der Waals surface area contributed by atoms with Crippen molar-refractivity contribution in [3.63, 3.8) is 0 Å². The normalized spacial score (nSPS) is 15.9. The summed E-state index contributed by atoms with van der Waals surface area (Å²) in [7, 11) is 3.45. The molecule has 0 bridgehead atoms. The summed E-state index contributed by atoms with van der Waals surface area (Å²) in [5, 5.41) is 0. The summed E-state index contributed by atoms with van der Waals surface area (Å²) < 4.78 is 12.8. The maximum absolute atomic E-state index is 12.8. The van der Waals surface area contributed by atoms with E-state index in [2.05, 4.69) is 4.98 Å². The van der Waals surface area contributed by atoms with Gasteiger partial charge in [0.05, 0.1) is 12.1 Å². The van der Waals surface area contributed by atoms with E-state index in [1.807, 2.05) is 4.90 Å². The number of pyridine rings is 1. The number of hydrogen-bond acceptors (Lipinski definition) is 4. The molecule has 2 rings (SSSR count). The summed E-state index contributed by atoms with van der Waals surface area (Å²) in [6.07, 6.45) is 1.25. The molecule has 1 aliphatic heterocycles. The van der Waals surface area contributed by atoms with Gasteiger partial charge in [0.1, 0.15) is 0 Å². The number of nitrogens with zero attached hydrogens (tertiary/aromatic N) is 4. The highest BCUT2D eigenvalue weighted by Crippen LogP contribution is 2.08. The number of carbonyl (C=O) groups excluding carboxylic acids is 2. The molecule has 0 spiro atoms. The fraction of sp³-hybridized carbons (Fsp3) is 0.500. The molecule has 1 saturated heterocycles. The highest BCUT2D eigenvalue weighted by atomic mass is 19.1. The molecule has 1 aromatic heterocycles. The number of rotatable bonds is 3. The fourth-order valence-corrected chi connectivity index (χ4v) is 2.13. The Labute approximate surface area is 123 Å². The van der Waals surface area contributed by atoms with Gasteiger partial charge in [-0.15, -0.1) is 0 Å². The molecule has 21 heavy (non-hydrogen) atoms. The van der Waals surface area contributed by atoms with Crippen LogP contribution < -0.4 is 0 Å². The maximum atomic E-state index is 12.8. The van der Waals surface area contributed by atoms with Crippen molar-refractivity contribution >= 4 is 11.8 Å². The number of aromatic nitrogens is 1. The third-order valence-electron chi connectivity index (χ3n) is 3.49.